The number of nitrogens with one attached hydrogen (secondary N) is 1. The van der Waals surface area contributed by atoms with Gasteiger partial charge in [-0.1, -0.05) is 20.8 Å². The molecular formula is C15H27NO2. The van der Waals surface area contributed by atoms with Gasteiger partial charge < -0.3 is 10.1 Å². The second-order valence-electron chi connectivity index (χ2n) is 6.67. The monoisotopic (exact) mass is 253 g/mol. The van der Waals surface area contributed by atoms with Crippen molar-refractivity contribution in [3.8, 4) is 0 Å². The topological polar surface area (TPSA) is 38.3 Å². The van der Waals surface area contributed by atoms with Crippen LogP contribution in [-0.4, -0.2) is 25.2 Å². The first kappa shape index (κ1) is 13.9. The Morgan fingerprint density at radius 2 is 2.11 bits per heavy atom. The lowest BCUT2D eigenvalue weighted by Crippen LogP contribution is -2.45. The van der Waals surface area contributed by atoms with Gasteiger partial charge in [0.1, 0.15) is 0 Å². The molecule has 3 heteroatoms. The Morgan fingerprint density at radius 3 is 2.61 bits per heavy atom. The van der Waals surface area contributed by atoms with Crippen molar-refractivity contribution in [1.82, 2.24) is 5.32 Å². The molecule has 3 nitrogen and oxygen atoms in total. The van der Waals surface area contributed by atoms with Crippen LogP contribution in [0.15, 0.2) is 0 Å². The highest BCUT2D eigenvalue weighted by molar-refractivity contribution is 5.69. The molecule has 2 bridgehead atoms. The number of rotatable bonds is 5. The van der Waals surface area contributed by atoms with E-state index in [1.807, 2.05) is 6.92 Å². The molecule has 2 aliphatic carbocycles. The number of carbonyl (C=O) groups excluding carboxylic acids is 1. The van der Waals surface area contributed by atoms with Crippen LogP contribution in [0.5, 0.6) is 0 Å². The van der Waals surface area contributed by atoms with Crippen molar-refractivity contribution in [3.63, 3.8) is 0 Å². The molecule has 0 unspecified atom stereocenters. The van der Waals surface area contributed by atoms with Gasteiger partial charge in [0.2, 0.25) is 0 Å². The standard InChI is InChI=1S/C15H27NO2/c1-5-18-13(17)7-9-16-12-10-11-6-8-15(12,4)14(11,2)3/h11-12,16H,5-10H2,1-4H3/t11-,12-,15+/m0/s1. The lowest BCUT2D eigenvalue weighted by molar-refractivity contribution is -0.143. The first-order valence-corrected chi connectivity index (χ1v) is 7.31. The second-order valence-corrected chi connectivity index (χ2v) is 6.67. The van der Waals surface area contributed by atoms with Crippen molar-refractivity contribution >= 4 is 5.97 Å². The molecular weight excluding hydrogens is 226 g/mol. The zero-order valence-electron chi connectivity index (χ0n) is 12.2. The number of ether oxygens (including phenoxy) is 1. The summed E-state index contributed by atoms with van der Waals surface area (Å²) in [6.07, 6.45) is 4.46. The maximum Gasteiger partial charge on any atom is 0.307 e. The molecule has 0 aromatic rings. The van der Waals surface area contributed by atoms with Crippen LogP contribution in [0.1, 0.15) is 53.4 Å². The van der Waals surface area contributed by atoms with Crippen molar-refractivity contribution in [1.29, 1.82) is 0 Å². The minimum absolute atomic E-state index is 0.0856. The summed E-state index contributed by atoms with van der Waals surface area (Å²) in [5, 5.41) is 3.60. The zero-order chi connectivity index (χ0) is 13.4. The van der Waals surface area contributed by atoms with E-state index in [1.54, 1.807) is 0 Å². The summed E-state index contributed by atoms with van der Waals surface area (Å²) in [5.41, 5.74) is 0.834. The maximum absolute atomic E-state index is 11.3. The van der Waals surface area contributed by atoms with Gasteiger partial charge in [0.15, 0.2) is 0 Å². The third-order valence-electron chi connectivity index (χ3n) is 5.82. The Morgan fingerprint density at radius 1 is 1.39 bits per heavy atom. The molecule has 0 radical (unpaired) electrons. The predicted octanol–water partition coefficient (Wildman–Crippen LogP) is 2.74. The Balaban J connectivity index is 1.84. The van der Waals surface area contributed by atoms with Crippen LogP contribution in [-0.2, 0) is 9.53 Å². The summed E-state index contributed by atoms with van der Waals surface area (Å²) in [6, 6.07) is 0.570. The largest absolute Gasteiger partial charge is 0.466 e. The smallest absolute Gasteiger partial charge is 0.307 e. The fourth-order valence-corrected chi connectivity index (χ4v) is 4.09. The van der Waals surface area contributed by atoms with Crippen LogP contribution in [0.3, 0.4) is 0 Å². The van der Waals surface area contributed by atoms with Gasteiger partial charge in [-0.2, -0.15) is 0 Å². The fourth-order valence-electron chi connectivity index (χ4n) is 4.09. The normalized spacial score (nSPS) is 36.9. The van der Waals surface area contributed by atoms with Crippen LogP contribution in [0.4, 0.5) is 0 Å². The highest BCUT2D eigenvalue weighted by Gasteiger charge is 2.60. The minimum Gasteiger partial charge on any atom is -0.466 e. The Labute approximate surface area is 111 Å². The van der Waals surface area contributed by atoms with E-state index in [4.69, 9.17) is 4.74 Å². The number of hydrogen-bond acceptors (Lipinski definition) is 3. The molecule has 2 rings (SSSR count). The molecule has 0 aliphatic heterocycles. The minimum atomic E-state index is -0.0856. The maximum atomic E-state index is 11.3. The SMILES string of the molecule is CCOC(=O)CCN[C@H]1C[C@@H]2CC[C@@]1(C)C2(C)C. The molecule has 2 fully saturated rings. The lowest BCUT2D eigenvalue weighted by atomic mass is 9.69. The lowest BCUT2D eigenvalue weighted by Gasteiger charge is -2.39. The van der Waals surface area contributed by atoms with Gasteiger partial charge in [-0.05, 0) is 42.9 Å². The molecule has 2 aliphatic rings. The second kappa shape index (κ2) is 4.84. The highest BCUT2D eigenvalue weighted by Crippen LogP contribution is 2.65. The third-order valence-corrected chi connectivity index (χ3v) is 5.82. The van der Waals surface area contributed by atoms with Gasteiger partial charge in [-0.25, -0.2) is 0 Å². The van der Waals surface area contributed by atoms with Crippen LogP contribution in [0, 0.1) is 16.7 Å². The van der Waals surface area contributed by atoms with Crippen molar-refractivity contribution in [2.45, 2.75) is 59.4 Å². The predicted molar refractivity (Wildman–Crippen MR) is 72.3 cm³/mol. The Hall–Kier alpha value is -0.570. The van der Waals surface area contributed by atoms with E-state index in [0.717, 1.165) is 12.5 Å². The highest BCUT2D eigenvalue weighted by atomic mass is 16.5. The van der Waals surface area contributed by atoms with Crippen molar-refractivity contribution in [2.75, 3.05) is 13.2 Å². The van der Waals surface area contributed by atoms with Crippen LogP contribution in [0.2, 0.25) is 0 Å². The molecule has 18 heavy (non-hydrogen) atoms. The Kier molecular flexibility index (Phi) is 3.72. The molecule has 0 amide bonds. The summed E-state index contributed by atoms with van der Waals surface area (Å²) in [4.78, 5) is 11.3. The van der Waals surface area contributed by atoms with Gasteiger partial charge in [0.25, 0.3) is 0 Å². The first-order valence-electron chi connectivity index (χ1n) is 7.31. The van der Waals surface area contributed by atoms with E-state index in [0.29, 0.717) is 29.9 Å². The van der Waals surface area contributed by atoms with E-state index in [9.17, 15) is 4.79 Å². The molecule has 3 atom stereocenters. The van der Waals surface area contributed by atoms with Gasteiger partial charge in [0, 0.05) is 12.6 Å². The molecule has 0 heterocycles. The fraction of sp³-hybridized carbons (Fsp3) is 0.933. The van der Waals surface area contributed by atoms with Crippen LogP contribution < -0.4 is 5.32 Å². The van der Waals surface area contributed by atoms with Gasteiger partial charge in [-0.3, -0.25) is 4.79 Å². The summed E-state index contributed by atoms with van der Waals surface area (Å²) >= 11 is 0. The molecule has 1 N–H and O–H groups in total. The van der Waals surface area contributed by atoms with Crippen LogP contribution in [0.25, 0.3) is 0 Å². The number of esters is 1. The zero-order valence-corrected chi connectivity index (χ0v) is 12.2. The first-order chi connectivity index (χ1) is 8.41. The third kappa shape index (κ3) is 2.07. The van der Waals surface area contributed by atoms with Crippen molar-refractivity contribution < 1.29 is 9.53 Å². The van der Waals surface area contributed by atoms with E-state index in [-0.39, 0.29) is 5.97 Å². The van der Waals surface area contributed by atoms with E-state index in [1.165, 1.54) is 19.3 Å². The average molecular weight is 253 g/mol. The number of fused-ring (bicyclic) bond motifs is 2. The number of carbonyl (C=O) groups is 1. The molecule has 0 spiro atoms. The molecule has 2 saturated carbocycles. The van der Waals surface area contributed by atoms with E-state index >= 15 is 0 Å². The van der Waals surface area contributed by atoms with Crippen molar-refractivity contribution in [3.05, 3.63) is 0 Å². The van der Waals surface area contributed by atoms with E-state index in [2.05, 4.69) is 26.1 Å². The summed E-state index contributed by atoms with van der Waals surface area (Å²) in [7, 11) is 0. The summed E-state index contributed by atoms with van der Waals surface area (Å²) < 4.78 is 4.96. The van der Waals surface area contributed by atoms with Gasteiger partial charge in [-0.15, -0.1) is 0 Å². The van der Waals surface area contributed by atoms with Gasteiger partial charge in [0.05, 0.1) is 13.0 Å². The molecule has 104 valence electrons. The number of hydrogen-bond donors (Lipinski definition) is 1. The van der Waals surface area contributed by atoms with E-state index < -0.39 is 0 Å². The quantitative estimate of drug-likeness (QED) is 0.766. The summed E-state index contributed by atoms with van der Waals surface area (Å²) in [6.45, 7) is 10.3. The molecule has 0 aromatic carbocycles. The molecule has 0 saturated heterocycles. The van der Waals surface area contributed by atoms with Gasteiger partial charge >= 0.3 is 5.97 Å². The Bertz CT molecular complexity index is 326. The van der Waals surface area contributed by atoms with Crippen LogP contribution >= 0.6 is 0 Å². The summed E-state index contributed by atoms with van der Waals surface area (Å²) in [5.74, 6) is 0.764. The average Bonchev–Trinajstić information content (AvgIpc) is 2.62. The van der Waals surface area contributed by atoms with Crippen molar-refractivity contribution in [2.24, 2.45) is 16.7 Å². The molecule has 0 aromatic heterocycles.